The summed E-state index contributed by atoms with van der Waals surface area (Å²) >= 11 is 1.36. The van der Waals surface area contributed by atoms with Gasteiger partial charge >= 0.3 is 0 Å². The number of amides is 1. The molecule has 6 nitrogen and oxygen atoms in total. The summed E-state index contributed by atoms with van der Waals surface area (Å²) in [6.07, 6.45) is 2.35. The van der Waals surface area contributed by atoms with Crippen molar-refractivity contribution in [2.45, 2.75) is 23.9 Å². The molecule has 0 aliphatic heterocycles. The number of aromatic nitrogens is 3. The van der Waals surface area contributed by atoms with Crippen molar-refractivity contribution in [3.8, 4) is 6.07 Å². The SMILES string of the molecule is Cn1c(SCC(=O)Nc2cccc(C#N)c2)nnc1C1CC1. The van der Waals surface area contributed by atoms with E-state index in [0.717, 1.165) is 11.0 Å². The van der Waals surface area contributed by atoms with Crippen LogP contribution in [-0.4, -0.2) is 26.4 Å². The summed E-state index contributed by atoms with van der Waals surface area (Å²) in [5.74, 6) is 1.67. The summed E-state index contributed by atoms with van der Waals surface area (Å²) in [4.78, 5) is 12.0. The molecule has 1 N–H and O–H groups in total. The monoisotopic (exact) mass is 313 g/mol. The molecule has 1 saturated carbocycles. The van der Waals surface area contributed by atoms with Crippen molar-refractivity contribution in [2.24, 2.45) is 7.05 Å². The largest absolute Gasteiger partial charge is 0.325 e. The summed E-state index contributed by atoms with van der Waals surface area (Å²) in [5.41, 5.74) is 1.15. The van der Waals surface area contributed by atoms with Crippen LogP contribution in [0.4, 0.5) is 5.69 Å². The van der Waals surface area contributed by atoms with Gasteiger partial charge in [-0.05, 0) is 31.0 Å². The molecule has 0 saturated heterocycles. The first-order valence-corrected chi connectivity index (χ1v) is 7.98. The Kier molecular flexibility index (Phi) is 4.11. The van der Waals surface area contributed by atoms with E-state index in [0.29, 0.717) is 17.2 Å². The first-order chi connectivity index (χ1) is 10.7. The van der Waals surface area contributed by atoms with Crippen molar-refractivity contribution >= 4 is 23.4 Å². The van der Waals surface area contributed by atoms with Crippen molar-refractivity contribution < 1.29 is 4.79 Å². The molecule has 112 valence electrons. The van der Waals surface area contributed by atoms with Crippen molar-refractivity contribution in [2.75, 3.05) is 11.1 Å². The first-order valence-electron chi connectivity index (χ1n) is 6.99. The minimum absolute atomic E-state index is 0.129. The highest BCUT2D eigenvalue weighted by Gasteiger charge is 2.29. The Morgan fingerprint density at radius 2 is 2.32 bits per heavy atom. The van der Waals surface area contributed by atoms with Gasteiger partial charge in [0.05, 0.1) is 17.4 Å². The lowest BCUT2D eigenvalue weighted by Crippen LogP contribution is -2.14. The molecule has 1 aliphatic rings. The fourth-order valence-electron chi connectivity index (χ4n) is 2.14. The fourth-order valence-corrected chi connectivity index (χ4v) is 2.86. The molecule has 1 aromatic heterocycles. The number of anilines is 1. The minimum atomic E-state index is -0.129. The van der Waals surface area contributed by atoms with Gasteiger partial charge in [-0.25, -0.2) is 0 Å². The molecule has 1 aromatic carbocycles. The summed E-state index contributed by atoms with van der Waals surface area (Å²) in [6, 6.07) is 8.90. The average molecular weight is 313 g/mol. The number of carbonyl (C=O) groups excluding carboxylic acids is 1. The molecular formula is C15H15N5OS. The maximum Gasteiger partial charge on any atom is 0.234 e. The molecule has 22 heavy (non-hydrogen) atoms. The number of nitriles is 1. The van der Waals surface area contributed by atoms with Gasteiger partial charge < -0.3 is 9.88 Å². The van der Waals surface area contributed by atoms with Crippen LogP contribution < -0.4 is 5.32 Å². The van der Waals surface area contributed by atoms with E-state index < -0.39 is 0 Å². The summed E-state index contributed by atoms with van der Waals surface area (Å²) in [5, 5.41) is 20.7. The van der Waals surface area contributed by atoms with E-state index in [-0.39, 0.29) is 11.7 Å². The van der Waals surface area contributed by atoms with Crippen molar-refractivity contribution in [3.63, 3.8) is 0 Å². The molecule has 0 bridgehead atoms. The number of nitrogens with zero attached hydrogens (tertiary/aromatic N) is 4. The van der Waals surface area contributed by atoms with Gasteiger partial charge in [-0.15, -0.1) is 10.2 Å². The maximum atomic E-state index is 12.0. The lowest BCUT2D eigenvalue weighted by Gasteiger charge is -2.05. The van der Waals surface area contributed by atoms with Crippen LogP contribution in [0, 0.1) is 11.3 Å². The molecule has 3 rings (SSSR count). The molecule has 0 atom stereocenters. The number of nitrogens with one attached hydrogen (secondary N) is 1. The summed E-state index contributed by atoms with van der Waals surface area (Å²) in [7, 11) is 1.93. The minimum Gasteiger partial charge on any atom is -0.325 e. The predicted octanol–water partition coefficient (Wildman–Crippen LogP) is 2.29. The maximum absolute atomic E-state index is 12.0. The zero-order chi connectivity index (χ0) is 15.5. The predicted molar refractivity (Wildman–Crippen MR) is 83.5 cm³/mol. The Morgan fingerprint density at radius 3 is 3.05 bits per heavy atom. The molecule has 0 unspecified atom stereocenters. The molecule has 0 radical (unpaired) electrons. The standard InChI is InChI=1S/C15H15N5OS/c1-20-14(11-5-6-11)18-19-15(20)22-9-13(21)17-12-4-2-3-10(7-12)8-16/h2-4,7,11H,5-6,9H2,1H3,(H,17,21). The van der Waals surface area contributed by atoms with Crippen LogP contribution in [-0.2, 0) is 11.8 Å². The van der Waals surface area contributed by atoms with Gasteiger partial charge in [-0.1, -0.05) is 17.8 Å². The normalized spacial score (nSPS) is 13.6. The zero-order valence-electron chi connectivity index (χ0n) is 12.1. The van der Waals surface area contributed by atoms with Crippen molar-refractivity contribution in [3.05, 3.63) is 35.7 Å². The molecule has 1 aliphatic carbocycles. The molecule has 1 amide bonds. The fraction of sp³-hybridized carbons (Fsp3) is 0.333. The van der Waals surface area contributed by atoms with E-state index in [9.17, 15) is 4.79 Å². The van der Waals surface area contributed by atoms with Crippen LogP contribution in [0.25, 0.3) is 0 Å². The smallest absolute Gasteiger partial charge is 0.234 e. The second-order valence-corrected chi connectivity index (χ2v) is 6.15. The number of benzene rings is 1. The first kappa shape index (κ1) is 14.6. The van der Waals surface area contributed by atoms with Crippen molar-refractivity contribution in [1.82, 2.24) is 14.8 Å². The van der Waals surface area contributed by atoms with Gasteiger partial charge in [0.25, 0.3) is 0 Å². The number of rotatable bonds is 5. The third-order valence-corrected chi connectivity index (χ3v) is 4.44. The zero-order valence-corrected chi connectivity index (χ0v) is 12.9. The molecule has 0 spiro atoms. The van der Waals surface area contributed by atoms with Gasteiger partial charge in [-0.2, -0.15) is 5.26 Å². The van der Waals surface area contributed by atoms with Crippen LogP contribution >= 0.6 is 11.8 Å². The van der Waals surface area contributed by atoms with Crippen LogP contribution in [0.3, 0.4) is 0 Å². The summed E-state index contributed by atoms with van der Waals surface area (Å²) in [6.45, 7) is 0. The van der Waals surface area contributed by atoms with E-state index in [2.05, 4.69) is 15.5 Å². The lowest BCUT2D eigenvalue weighted by atomic mass is 10.2. The van der Waals surface area contributed by atoms with E-state index in [1.54, 1.807) is 24.3 Å². The lowest BCUT2D eigenvalue weighted by molar-refractivity contribution is -0.113. The highest BCUT2D eigenvalue weighted by molar-refractivity contribution is 7.99. The molecule has 2 aromatic rings. The van der Waals surface area contributed by atoms with E-state index >= 15 is 0 Å². The number of carbonyl (C=O) groups is 1. The molecular weight excluding hydrogens is 298 g/mol. The molecule has 1 fully saturated rings. The number of thioether (sulfide) groups is 1. The van der Waals surface area contributed by atoms with Gasteiger partial charge in [-0.3, -0.25) is 4.79 Å². The Morgan fingerprint density at radius 1 is 1.50 bits per heavy atom. The van der Waals surface area contributed by atoms with E-state index in [1.807, 2.05) is 17.7 Å². The second-order valence-electron chi connectivity index (χ2n) is 5.20. The Labute approximate surface area is 132 Å². The number of hydrogen-bond acceptors (Lipinski definition) is 5. The summed E-state index contributed by atoms with van der Waals surface area (Å²) < 4.78 is 1.96. The third-order valence-electron chi connectivity index (χ3n) is 3.42. The van der Waals surface area contributed by atoms with Gasteiger partial charge in [0.15, 0.2) is 5.16 Å². The van der Waals surface area contributed by atoms with Crippen LogP contribution in [0.15, 0.2) is 29.4 Å². The number of hydrogen-bond donors (Lipinski definition) is 1. The second kappa shape index (κ2) is 6.20. The topological polar surface area (TPSA) is 83.6 Å². The van der Waals surface area contributed by atoms with Gasteiger partial charge in [0.1, 0.15) is 5.82 Å². The van der Waals surface area contributed by atoms with Crippen molar-refractivity contribution in [1.29, 1.82) is 5.26 Å². The highest BCUT2D eigenvalue weighted by Crippen LogP contribution is 2.39. The Hall–Kier alpha value is -2.33. The van der Waals surface area contributed by atoms with E-state index in [4.69, 9.17) is 5.26 Å². The molecule has 7 heteroatoms. The molecule has 1 heterocycles. The third kappa shape index (κ3) is 3.28. The van der Waals surface area contributed by atoms with Crippen LogP contribution in [0.5, 0.6) is 0 Å². The Balaban J connectivity index is 1.57. The van der Waals surface area contributed by atoms with Crippen LogP contribution in [0.2, 0.25) is 0 Å². The van der Waals surface area contributed by atoms with E-state index in [1.165, 1.54) is 24.6 Å². The average Bonchev–Trinajstić information content (AvgIpc) is 3.29. The Bertz CT molecular complexity index is 745. The quantitative estimate of drug-likeness (QED) is 0.856. The highest BCUT2D eigenvalue weighted by atomic mass is 32.2. The van der Waals surface area contributed by atoms with Gasteiger partial charge in [0.2, 0.25) is 5.91 Å². The van der Waals surface area contributed by atoms with Gasteiger partial charge in [0, 0.05) is 18.7 Å². The van der Waals surface area contributed by atoms with Crippen LogP contribution in [0.1, 0.15) is 30.1 Å².